The second-order valence-electron chi connectivity index (χ2n) is 5.83. The van der Waals surface area contributed by atoms with Gasteiger partial charge in [-0.25, -0.2) is 9.37 Å². The van der Waals surface area contributed by atoms with E-state index in [-0.39, 0.29) is 22.7 Å². The monoisotopic (exact) mass is 329 g/mol. The minimum Gasteiger partial charge on any atom is -0.387 e. The summed E-state index contributed by atoms with van der Waals surface area (Å²) in [4.78, 5) is 11.9. The van der Waals surface area contributed by atoms with Crippen molar-refractivity contribution in [3.8, 4) is 0 Å². The lowest BCUT2D eigenvalue weighted by molar-refractivity contribution is -0.0309. The fourth-order valence-electron chi connectivity index (χ4n) is 2.68. The summed E-state index contributed by atoms with van der Waals surface area (Å²) in [6, 6.07) is 0. The molecule has 0 radical (unpaired) electrons. The lowest BCUT2D eigenvalue weighted by Gasteiger charge is -2.16. The van der Waals surface area contributed by atoms with Gasteiger partial charge in [-0.15, -0.1) is 0 Å². The van der Waals surface area contributed by atoms with Crippen LogP contribution in [0.5, 0.6) is 0 Å². The highest BCUT2D eigenvalue weighted by atomic mass is 35.5. The molecule has 0 aliphatic carbocycles. The standard InChI is InChI=1S/C13H17ClFN5O2/c1-5(2)3-6-9(21)7(15)12(22-6)20-4-17-8-10(16)18-13(14)19-11(8)20/h4-7,9,12,21H,3H2,1-2H3,(H2,16,18,19)/t6-,7+,9-,12-/m1/s1. The number of aliphatic hydroxyl groups excluding tert-OH is 1. The third-order valence-corrected chi connectivity index (χ3v) is 3.86. The molecule has 1 fully saturated rings. The molecule has 3 rings (SSSR count). The van der Waals surface area contributed by atoms with Crippen molar-refractivity contribution in [2.24, 2.45) is 5.92 Å². The minimum absolute atomic E-state index is 0.0561. The van der Waals surface area contributed by atoms with Crippen molar-refractivity contribution < 1.29 is 14.2 Å². The van der Waals surface area contributed by atoms with Gasteiger partial charge in [0.15, 0.2) is 23.9 Å². The third-order valence-electron chi connectivity index (χ3n) is 3.69. The highest BCUT2D eigenvalue weighted by Gasteiger charge is 2.45. The number of aliphatic hydroxyl groups is 1. The first-order chi connectivity index (χ1) is 10.4. The van der Waals surface area contributed by atoms with Gasteiger partial charge < -0.3 is 15.6 Å². The van der Waals surface area contributed by atoms with Crippen molar-refractivity contribution in [3.63, 3.8) is 0 Å². The number of anilines is 1. The number of aromatic nitrogens is 4. The van der Waals surface area contributed by atoms with Gasteiger partial charge in [0.1, 0.15) is 11.6 Å². The number of nitrogen functional groups attached to an aromatic ring is 1. The van der Waals surface area contributed by atoms with Crippen LogP contribution in [0.3, 0.4) is 0 Å². The molecule has 0 bridgehead atoms. The molecule has 0 spiro atoms. The number of hydrogen-bond donors (Lipinski definition) is 2. The average Bonchev–Trinajstić information content (AvgIpc) is 2.95. The van der Waals surface area contributed by atoms with E-state index in [1.165, 1.54) is 10.9 Å². The van der Waals surface area contributed by atoms with Crippen molar-refractivity contribution in [2.75, 3.05) is 5.73 Å². The number of ether oxygens (including phenoxy) is 1. The lowest BCUT2D eigenvalue weighted by Crippen LogP contribution is -2.29. The van der Waals surface area contributed by atoms with E-state index in [9.17, 15) is 9.50 Å². The molecule has 3 N–H and O–H groups in total. The van der Waals surface area contributed by atoms with Gasteiger partial charge >= 0.3 is 0 Å². The number of hydrogen-bond acceptors (Lipinski definition) is 6. The van der Waals surface area contributed by atoms with Crippen molar-refractivity contribution >= 4 is 28.6 Å². The first-order valence-electron chi connectivity index (χ1n) is 7.01. The van der Waals surface area contributed by atoms with E-state index >= 15 is 0 Å². The van der Waals surface area contributed by atoms with Crippen LogP contribution in [0.1, 0.15) is 26.5 Å². The molecule has 4 atom stereocenters. The van der Waals surface area contributed by atoms with E-state index in [1.807, 2.05) is 13.8 Å². The molecule has 1 aliphatic heterocycles. The van der Waals surface area contributed by atoms with Crippen LogP contribution in [0.4, 0.5) is 10.2 Å². The first kappa shape index (κ1) is 15.4. The van der Waals surface area contributed by atoms with E-state index in [0.717, 1.165) is 0 Å². The Kier molecular flexibility index (Phi) is 3.92. The molecule has 0 aromatic carbocycles. The molecular weight excluding hydrogens is 313 g/mol. The van der Waals surface area contributed by atoms with E-state index in [1.54, 1.807) is 0 Å². The predicted molar refractivity (Wildman–Crippen MR) is 79.0 cm³/mol. The molecule has 1 aliphatic rings. The van der Waals surface area contributed by atoms with E-state index < -0.39 is 24.6 Å². The second kappa shape index (κ2) is 5.60. The number of nitrogens with zero attached hydrogens (tertiary/aromatic N) is 4. The number of fused-ring (bicyclic) bond motifs is 1. The molecule has 0 unspecified atom stereocenters. The lowest BCUT2D eigenvalue weighted by atomic mass is 10.0. The summed E-state index contributed by atoms with van der Waals surface area (Å²) in [6.07, 6.45) is -2.45. The zero-order chi connectivity index (χ0) is 16.0. The van der Waals surface area contributed by atoms with Gasteiger partial charge in [0, 0.05) is 0 Å². The van der Waals surface area contributed by atoms with E-state index in [0.29, 0.717) is 11.9 Å². The number of halogens is 2. The Morgan fingerprint density at radius 2 is 2.23 bits per heavy atom. The largest absolute Gasteiger partial charge is 0.387 e. The van der Waals surface area contributed by atoms with Gasteiger partial charge in [0.05, 0.1) is 12.4 Å². The summed E-state index contributed by atoms with van der Waals surface area (Å²) in [7, 11) is 0. The predicted octanol–water partition coefficient (Wildman–Crippen LogP) is 1.70. The molecule has 7 nitrogen and oxygen atoms in total. The van der Waals surface area contributed by atoms with Gasteiger partial charge in [-0.1, -0.05) is 13.8 Å². The fraction of sp³-hybridized carbons (Fsp3) is 0.615. The van der Waals surface area contributed by atoms with Crippen LogP contribution in [0.2, 0.25) is 5.28 Å². The van der Waals surface area contributed by atoms with E-state index in [2.05, 4.69) is 15.0 Å². The number of rotatable bonds is 3. The molecule has 120 valence electrons. The summed E-state index contributed by atoms with van der Waals surface area (Å²) in [5.74, 6) is 0.388. The smallest absolute Gasteiger partial charge is 0.226 e. The Balaban J connectivity index is 1.98. The molecule has 22 heavy (non-hydrogen) atoms. The van der Waals surface area contributed by atoms with Crippen LogP contribution in [0.25, 0.3) is 11.2 Å². The van der Waals surface area contributed by atoms with Crippen LogP contribution < -0.4 is 5.73 Å². The highest BCUT2D eigenvalue weighted by molar-refractivity contribution is 6.28. The Labute approximate surface area is 131 Å². The van der Waals surface area contributed by atoms with Crippen LogP contribution in [0, 0.1) is 5.92 Å². The molecular formula is C13H17ClFN5O2. The van der Waals surface area contributed by atoms with Crippen LogP contribution in [0.15, 0.2) is 6.33 Å². The molecule has 2 aromatic rings. The fourth-order valence-corrected chi connectivity index (χ4v) is 2.86. The van der Waals surface area contributed by atoms with Crippen molar-refractivity contribution in [2.45, 2.75) is 44.9 Å². The second-order valence-corrected chi connectivity index (χ2v) is 6.17. The molecule has 3 heterocycles. The van der Waals surface area contributed by atoms with Crippen molar-refractivity contribution in [3.05, 3.63) is 11.6 Å². The van der Waals surface area contributed by atoms with Crippen molar-refractivity contribution in [1.82, 2.24) is 19.5 Å². The first-order valence-corrected chi connectivity index (χ1v) is 7.39. The average molecular weight is 330 g/mol. The summed E-state index contributed by atoms with van der Waals surface area (Å²) in [5.41, 5.74) is 6.33. The molecule has 0 amide bonds. The number of imidazole rings is 1. The van der Waals surface area contributed by atoms with Crippen LogP contribution >= 0.6 is 11.6 Å². The quantitative estimate of drug-likeness (QED) is 0.832. The third kappa shape index (κ3) is 2.51. The number of nitrogens with two attached hydrogens (primary N) is 1. The summed E-state index contributed by atoms with van der Waals surface area (Å²) >= 11 is 5.79. The van der Waals surface area contributed by atoms with Gasteiger partial charge in [0.25, 0.3) is 0 Å². The van der Waals surface area contributed by atoms with Crippen molar-refractivity contribution in [1.29, 1.82) is 0 Å². The zero-order valence-electron chi connectivity index (χ0n) is 12.1. The Morgan fingerprint density at radius 3 is 2.91 bits per heavy atom. The van der Waals surface area contributed by atoms with Gasteiger partial charge in [-0.05, 0) is 23.9 Å². The normalized spacial score (nSPS) is 28.8. The Hall–Kier alpha value is -1.51. The minimum atomic E-state index is -1.59. The van der Waals surface area contributed by atoms with Crippen LogP contribution in [-0.2, 0) is 4.74 Å². The zero-order valence-corrected chi connectivity index (χ0v) is 12.9. The molecule has 0 saturated carbocycles. The topological polar surface area (TPSA) is 99.1 Å². The molecule has 2 aromatic heterocycles. The molecule has 9 heteroatoms. The summed E-state index contributed by atoms with van der Waals surface area (Å²) in [6.45, 7) is 3.97. The maximum absolute atomic E-state index is 14.4. The Morgan fingerprint density at radius 1 is 1.50 bits per heavy atom. The highest BCUT2D eigenvalue weighted by Crippen LogP contribution is 2.36. The summed E-state index contributed by atoms with van der Waals surface area (Å²) < 4.78 is 21.5. The van der Waals surface area contributed by atoms with Gasteiger partial charge in [-0.3, -0.25) is 4.57 Å². The van der Waals surface area contributed by atoms with Gasteiger partial charge in [-0.2, -0.15) is 9.97 Å². The van der Waals surface area contributed by atoms with Gasteiger partial charge in [0.2, 0.25) is 5.28 Å². The van der Waals surface area contributed by atoms with E-state index in [4.69, 9.17) is 22.1 Å². The number of alkyl halides is 1. The maximum Gasteiger partial charge on any atom is 0.226 e. The SMILES string of the molecule is CC(C)C[C@H]1O[C@@H](n2cnc3c(N)nc(Cl)nc32)[C@@H](F)[C@@H]1O. The molecule has 1 saturated heterocycles. The summed E-state index contributed by atoms with van der Waals surface area (Å²) in [5, 5.41) is 9.98. The maximum atomic E-state index is 14.4. The Bertz CT molecular complexity index is 694. The van der Waals surface area contributed by atoms with Crippen LogP contribution in [-0.4, -0.2) is 43.0 Å².